The minimum Gasteiger partial charge on any atom is -0.456 e. The summed E-state index contributed by atoms with van der Waals surface area (Å²) in [7, 11) is 0. The van der Waals surface area contributed by atoms with Crippen molar-refractivity contribution < 1.29 is 37.1 Å². The number of carbonyl (C=O) groups excluding carboxylic acids is 4. The van der Waals surface area contributed by atoms with Crippen LogP contribution < -0.4 is 5.32 Å². The summed E-state index contributed by atoms with van der Waals surface area (Å²) in [5.74, 6) is -2.78. The summed E-state index contributed by atoms with van der Waals surface area (Å²) in [6.07, 6.45) is -4.64. The molecule has 0 saturated heterocycles. The number of alkyl halides is 3. The smallest absolute Gasteiger partial charge is 0.405 e. The fourth-order valence-electron chi connectivity index (χ4n) is 2.46. The number of hydrogen-bond acceptors (Lipinski definition) is 5. The molecule has 0 aliphatic carbocycles. The Morgan fingerprint density at radius 3 is 2.48 bits per heavy atom. The summed E-state index contributed by atoms with van der Waals surface area (Å²) in [6, 6.07) is 4.90. The first-order chi connectivity index (χ1) is 12.6. The van der Waals surface area contributed by atoms with Gasteiger partial charge < -0.3 is 10.1 Å². The number of imide groups is 1. The van der Waals surface area contributed by atoms with Gasteiger partial charge in [-0.15, -0.1) is 0 Å². The molecule has 0 unspecified atom stereocenters. The first kappa shape index (κ1) is 20.4. The van der Waals surface area contributed by atoms with Crippen molar-refractivity contribution in [3.05, 3.63) is 34.9 Å². The molecule has 0 saturated carbocycles. The fourth-order valence-corrected chi connectivity index (χ4v) is 2.46. The number of fused-ring (bicyclic) bond motifs is 1. The maximum Gasteiger partial charge on any atom is 0.405 e. The Hall–Kier alpha value is -2.91. The predicted molar refractivity (Wildman–Crippen MR) is 85.8 cm³/mol. The number of nitrogens with one attached hydrogen (secondary N) is 1. The fraction of sp³-hybridized carbons (Fsp3) is 0.412. The average molecular weight is 386 g/mol. The third-order valence-corrected chi connectivity index (χ3v) is 3.74. The Balaban J connectivity index is 1.74. The number of rotatable bonds is 7. The van der Waals surface area contributed by atoms with E-state index in [1.165, 1.54) is 0 Å². The van der Waals surface area contributed by atoms with Gasteiger partial charge in [-0.25, -0.2) is 0 Å². The molecule has 0 aromatic heterocycles. The van der Waals surface area contributed by atoms with E-state index in [9.17, 15) is 32.3 Å². The number of carbonyl (C=O) groups is 4. The Morgan fingerprint density at radius 2 is 1.81 bits per heavy atom. The minimum absolute atomic E-state index is 0.0131. The molecule has 1 aliphatic heterocycles. The Kier molecular flexibility index (Phi) is 6.19. The van der Waals surface area contributed by atoms with Crippen molar-refractivity contribution in [2.24, 2.45) is 0 Å². The molecule has 1 heterocycles. The summed E-state index contributed by atoms with van der Waals surface area (Å²) in [4.78, 5) is 48.1. The van der Waals surface area contributed by atoms with E-state index in [1.807, 2.05) is 0 Å². The van der Waals surface area contributed by atoms with Gasteiger partial charge in [-0.2, -0.15) is 13.2 Å². The molecule has 10 heteroatoms. The number of benzene rings is 1. The molecule has 0 bridgehead atoms. The van der Waals surface area contributed by atoms with Crippen molar-refractivity contribution in [1.29, 1.82) is 0 Å². The number of amides is 3. The summed E-state index contributed by atoms with van der Waals surface area (Å²) >= 11 is 0. The maximum atomic E-state index is 12.2. The summed E-state index contributed by atoms with van der Waals surface area (Å²) in [5, 5.41) is 1.57. The SMILES string of the molecule is Cc1ccc2c(c1)C(=O)N(CCCC(=O)OCC(=O)NCC(F)(F)F)C2=O. The van der Waals surface area contributed by atoms with Crippen LogP contribution in [0.1, 0.15) is 39.1 Å². The van der Waals surface area contributed by atoms with Crippen molar-refractivity contribution in [3.63, 3.8) is 0 Å². The minimum atomic E-state index is -4.55. The van der Waals surface area contributed by atoms with E-state index >= 15 is 0 Å². The van der Waals surface area contributed by atoms with Crippen LogP contribution >= 0.6 is 0 Å². The van der Waals surface area contributed by atoms with Crippen molar-refractivity contribution in [1.82, 2.24) is 10.2 Å². The molecular weight excluding hydrogens is 369 g/mol. The third-order valence-electron chi connectivity index (χ3n) is 3.74. The molecule has 3 amide bonds. The van der Waals surface area contributed by atoms with Crippen LogP contribution in [0.15, 0.2) is 18.2 Å². The van der Waals surface area contributed by atoms with Gasteiger partial charge in [0.2, 0.25) is 0 Å². The molecule has 0 fully saturated rings. The van der Waals surface area contributed by atoms with Crippen molar-refractivity contribution in [3.8, 4) is 0 Å². The van der Waals surface area contributed by atoms with Gasteiger partial charge in [-0.1, -0.05) is 11.6 Å². The Morgan fingerprint density at radius 1 is 1.15 bits per heavy atom. The van der Waals surface area contributed by atoms with E-state index in [2.05, 4.69) is 4.74 Å². The zero-order valence-electron chi connectivity index (χ0n) is 14.4. The van der Waals surface area contributed by atoms with Crippen LogP contribution in [0.5, 0.6) is 0 Å². The molecule has 0 atom stereocenters. The largest absolute Gasteiger partial charge is 0.456 e. The van der Waals surface area contributed by atoms with Crippen LogP contribution in [0.3, 0.4) is 0 Å². The van der Waals surface area contributed by atoms with Gasteiger partial charge in [0.1, 0.15) is 6.54 Å². The third kappa shape index (κ3) is 5.53. The van der Waals surface area contributed by atoms with Crippen LogP contribution in [-0.2, 0) is 14.3 Å². The summed E-state index contributed by atoms with van der Waals surface area (Å²) < 4.78 is 40.4. The van der Waals surface area contributed by atoms with E-state index < -0.39 is 43.0 Å². The van der Waals surface area contributed by atoms with Gasteiger partial charge in [0.05, 0.1) is 11.1 Å². The molecule has 146 valence electrons. The lowest BCUT2D eigenvalue weighted by Crippen LogP contribution is -2.36. The van der Waals surface area contributed by atoms with Crippen LogP contribution in [0, 0.1) is 6.92 Å². The second kappa shape index (κ2) is 8.19. The van der Waals surface area contributed by atoms with Gasteiger partial charge in [-0.05, 0) is 25.5 Å². The monoisotopic (exact) mass is 386 g/mol. The topological polar surface area (TPSA) is 92.8 Å². The van der Waals surface area contributed by atoms with Gasteiger partial charge in [0.25, 0.3) is 17.7 Å². The number of halogens is 3. The molecule has 7 nitrogen and oxygen atoms in total. The zero-order valence-corrected chi connectivity index (χ0v) is 14.4. The van der Waals surface area contributed by atoms with Crippen molar-refractivity contribution in [2.75, 3.05) is 19.7 Å². The molecule has 1 aliphatic rings. The number of hydrogen-bond donors (Lipinski definition) is 1. The van der Waals surface area contributed by atoms with Gasteiger partial charge in [-0.3, -0.25) is 24.1 Å². The predicted octanol–water partition coefficient (Wildman–Crippen LogP) is 1.59. The quantitative estimate of drug-likeness (QED) is 0.568. The second-order valence-corrected chi connectivity index (χ2v) is 5.97. The highest BCUT2D eigenvalue weighted by molar-refractivity contribution is 6.21. The maximum absolute atomic E-state index is 12.2. The highest BCUT2D eigenvalue weighted by atomic mass is 19.4. The normalized spacial score (nSPS) is 13.6. The van der Waals surface area contributed by atoms with Gasteiger partial charge in [0.15, 0.2) is 6.61 Å². The van der Waals surface area contributed by atoms with Crippen LogP contribution in [0.2, 0.25) is 0 Å². The lowest BCUT2D eigenvalue weighted by Gasteiger charge is -2.13. The van der Waals surface area contributed by atoms with Gasteiger partial charge >= 0.3 is 12.1 Å². The van der Waals surface area contributed by atoms with E-state index in [-0.39, 0.29) is 19.4 Å². The number of nitrogens with zero attached hydrogens (tertiary/aromatic N) is 1. The standard InChI is InChI=1S/C17H17F3N2O5/c1-10-4-5-11-12(7-10)16(26)22(15(11)25)6-2-3-14(24)27-8-13(23)21-9-17(18,19)20/h4-5,7H,2-3,6,8-9H2,1H3,(H,21,23). The van der Waals surface area contributed by atoms with E-state index in [0.29, 0.717) is 11.1 Å². The lowest BCUT2D eigenvalue weighted by molar-refractivity contribution is -0.151. The molecule has 0 radical (unpaired) electrons. The van der Waals surface area contributed by atoms with E-state index in [0.717, 1.165) is 10.5 Å². The van der Waals surface area contributed by atoms with E-state index in [4.69, 9.17) is 0 Å². The average Bonchev–Trinajstić information content (AvgIpc) is 2.82. The molecule has 0 spiro atoms. The van der Waals surface area contributed by atoms with Crippen LogP contribution in [0.25, 0.3) is 0 Å². The molecular formula is C17H17F3N2O5. The number of esters is 1. The molecule has 27 heavy (non-hydrogen) atoms. The van der Waals surface area contributed by atoms with Crippen molar-refractivity contribution >= 4 is 23.7 Å². The van der Waals surface area contributed by atoms with Crippen LogP contribution in [0.4, 0.5) is 13.2 Å². The van der Waals surface area contributed by atoms with Gasteiger partial charge in [0, 0.05) is 13.0 Å². The van der Waals surface area contributed by atoms with Crippen LogP contribution in [-0.4, -0.2) is 54.5 Å². The molecule has 2 rings (SSSR count). The highest BCUT2D eigenvalue weighted by Crippen LogP contribution is 2.24. The lowest BCUT2D eigenvalue weighted by atomic mass is 10.1. The Labute approximate surface area is 152 Å². The highest BCUT2D eigenvalue weighted by Gasteiger charge is 2.35. The van der Waals surface area contributed by atoms with E-state index in [1.54, 1.807) is 30.4 Å². The number of aryl methyl sites for hydroxylation is 1. The first-order valence-corrected chi connectivity index (χ1v) is 8.04. The summed E-state index contributed by atoms with van der Waals surface area (Å²) in [6.45, 7) is -0.563. The molecule has 1 aromatic rings. The number of ether oxygens (including phenoxy) is 1. The second-order valence-electron chi connectivity index (χ2n) is 5.97. The van der Waals surface area contributed by atoms with Crippen molar-refractivity contribution in [2.45, 2.75) is 25.9 Å². The summed E-state index contributed by atoms with van der Waals surface area (Å²) in [5.41, 5.74) is 1.45. The Bertz CT molecular complexity index is 776. The first-order valence-electron chi connectivity index (χ1n) is 8.04. The molecule has 1 aromatic carbocycles. The molecule has 1 N–H and O–H groups in total. The zero-order chi connectivity index (χ0) is 20.2.